The third-order valence-electron chi connectivity index (χ3n) is 4.70. The molecule has 7 nitrogen and oxygen atoms in total. The molecule has 0 bridgehead atoms. The molecule has 150 valence electrons. The van der Waals surface area contributed by atoms with Crippen LogP contribution >= 0.6 is 0 Å². The van der Waals surface area contributed by atoms with Crippen LogP contribution in [0.3, 0.4) is 0 Å². The Morgan fingerprint density at radius 3 is 2.57 bits per heavy atom. The Kier molecular flexibility index (Phi) is 6.49. The molecule has 1 aromatic carbocycles. The number of furan rings is 1. The predicted molar refractivity (Wildman–Crippen MR) is 107 cm³/mol. The number of hydrogen-bond acceptors (Lipinski definition) is 5. The number of ether oxygens (including phenoxy) is 1. The number of nitrogens with zero attached hydrogens (tertiary/aromatic N) is 1. The molecule has 2 amide bonds. The minimum atomic E-state index is -0.346. The number of amides is 2. The largest absolute Gasteiger partial charge is 0.459 e. The van der Waals surface area contributed by atoms with Gasteiger partial charge in [0.1, 0.15) is 0 Å². The van der Waals surface area contributed by atoms with Crippen LogP contribution in [0.25, 0.3) is 0 Å². The van der Waals surface area contributed by atoms with Crippen LogP contribution in [0.2, 0.25) is 0 Å². The number of aryl methyl sites for hydroxylation is 1. The van der Waals surface area contributed by atoms with Gasteiger partial charge in [-0.15, -0.1) is 0 Å². The van der Waals surface area contributed by atoms with Crippen LogP contribution in [-0.2, 0) is 4.74 Å². The van der Waals surface area contributed by atoms with Crippen molar-refractivity contribution >= 4 is 17.5 Å². The van der Waals surface area contributed by atoms with E-state index in [1.807, 2.05) is 13.0 Å². The van der Waals surface area contributed by atoms with Crippen molar-refractivity contribution in [2.45, 2.75) is 33.0 Å². The third-order valence-corrected chi connectivity index (χ3v) is 4.70. The summed E-state index contributed by atoms with van der Waals surface area (Å²) in [4.78, 5) is 27.0. The lowest BCUT2D eigenvalue weighted by atomic mass is 10.1. The molecule has 7 heteroatoms. The fraction of sp³-hybridized carbons (Fsp3) is 0.429. The molecule has 0 aliphatic carbocycles. The normalized spacial score (nSPS) is 20.0. The summed E-state index contributed by atoms with van der Waals surface area (Å²) in [6, 6.07) is 8.50. The maximum Gasteiger partial charge on any atom is 0.291 e. The molecule has 1 aliphatic rings. The molecule has 1 aliphatic heterocycles. The van der Waals surface area contributed by atoms with Crippen molar-refractivity contribution in [1.29, 1.82) is 0 Å². The molecule has 2 aromatic rings. The summed E-state index contributed by atoms with van der Waals surface area (Å²) in [6.45, 7) is 9.07. The third kappa shape index (κ3) is 5.21. The van der Waals surface area contributed by atoms with E-state index in [-0.39, 0.29) is 29.8 Å². The smallest absolute Gasteiger partial charge is 0.291 e. The molecule has 0 saturated carbocycles. The van der Waals surface area contributed by atoms with Gasteiger partial charge in [-0.05, 0) is 50.6 Å². The zero-order chi connectivity index (χ0) is 20.1. The van der Waals surface area contributed by atoms with Crippen molar-refractivity contribution in [3.05, 3.63) is 53.5 Å². The van der Waals surface area contributed by atoms with Crippen LogP contribution in [0.5, 0.6) is 0 Å². The molecule has 0 spiro atoms. The lowest BCUT2D eigenvalue weighted by Gasteiger charge is -2.35. The molecule has 2 heterocycles. The Labute approximate surface area is 165 Å². The summed E-state index contributed by atoms with van der Waals surface area (Å²) in [5.74, 6) is -0.285. The fourth-order valence-electron chi connectivity index (χ4n) is 3.39. The number of benzene rings is 1. The van der Waals surface area contributed by atoms with Crippen molar-refractivity contribution in [2.24, 2.45) is 0 Å². The number of carbonyl (C=O) groups is 2. The number of hydrogen-bond donors (Lipinski definition) is 2. The maximum atomic E-state index is 12.5. The SMILES string of the molecule is Cc1ccc(C(=O)NCCN2CC(C)OC(C)C2)cc1NC(=O)c1ccco1. The summed E-state index contributed by atoms with van der Waals surface area (Å²) in [6.07, 6.45) is 1.86. The lowest BCUT2D eigenvalue weighted by molar-refractivity contribution is -0.0672. The van der Waals surface area contributed by atoms with Crippen LogP contribution in [-0.4, -0.2) is 55.1 Å². The molecule has 1 aromatic heterocycles. The molecule has 3 rings (SSSR count). The Hall–Kier alpha value is -2.64. The van der Waals surface area contributed by atoms with Crippen molar-refractivity contribution in [3.63, 3.8) is 0 Å². The predicted octanol–water partition coefficient (Wildman–Crippen LogP) is 2.68. The average molecular weight is 385 g/mol. The summed E-state index contributed by atoms with van der Waals surface area (Å²) >= 11 is 0. The monoisotopic (exact) mass is 385 g/mol. The van der Waals surface area contributed by atoms with Crippen LogP contribution < -0.4 is 10.6 Å². The van der Waals surface area contributed by atoms with Crippen LogP contribution in [0.4, 0.5) is 5.69 Å². The van der Waals surface area contributed by atoms with Crippen molar-refractivity contribution in [1.82, 2.24) is 10.2 Å². The zero-order valence-corrected chi connectivity index (χ0v) is 16.5. The van der Waals surface area contributed by atoms with Gasteiger partial charge >= 0.3 is 0 Å². The van der Waals surface area contributed by atoms with Crippen molar-refractivity contribution < 1.29 is 18.7 Å². The van der Waals surface area contributed by atoms with E-state index in [1.165, 1.54) is 6.26 Å². The molecule has 0 radical (unpaired) electrons. The van der Waals surface area contributed by atoms with Gasteiger partial charge in [0, 0.05) is 37.4 Å². The van der Waals surface area contributed by atoms with Gasteiger partial charge in [-0.1, -0.05) is 6.07 Å². The first-order valence-corrected chi connectivity index (χ1v) is 9.54. The van der Waals surface area contributed by atoms with Crippen LogP contribution in [0, 0.1) is 6.92 Å². The molecular weight excluding hydrogens is 358 g/mol. The standard InChI is InChI=1S/C21H27N3O4/c1-14-6-7-17(11-18(14)23-21(26)19-5-4-10-27-19)20(25)22-8-9-24-12-15(2)28-16(3)13-24/h4-7,10-11,15-16H,8-9,12-13H2,1-3H3,(H,22,25)(H,23,26). The summed E-state index contributed by atoms with van der Waals surface area (Å²) < 4.78 is 10.8. The van der Waals surface area contributed by atoms with Gasteiger partial charge < -0.3 is 19.8 Å². The Morgan fingerprint density at radius 2 is 1.89 bits per heavy atom. The first-order valence-electron chi connectivity index (χ1n) is 9.54. The highest BCUT2D eigenvalue weighted by Gasteiger charge is 2.21. The van der Waals surface area contributed by atoms with E-state index in [2.05, 4.69) is 29.4 Å². The molecule has 2 unspecified atom stereocenters. The second-order valence-corrected chi connectivity index (χ2v) is 7.23. The van der Waals surface area contributed by atoms with Gasteiger partial charge in [0.25, 0.3) is 11.8 Å². The first kappa shape index (κ1) is 20.1. The quantitative estimate of drug-likeness (QED) is 0.799. The number of nitrogens with one attached hydrogen (secondary N) is 2. The Bertz CT molecular complexity index is 809. The minimum absolute atomic E-state index is 0.164. The molecule has 1 fully saturated rings. The van der Waals surface area contributed by atoms with Gasteiger partial charge in [0.05, 0.1) is 18.5 Å². The topological polar surface area (TPSA) is 83.8 Å². The van der Waals surface area contributed by atoms with Gasteiger partial charge in [-0.3, -0.25) is 14.5 Å². The second-order valence-electron chi connectivity index (χ2n) is 7.23. The van der Waals surface area contributed by atoms with Gasteiger partial charge in [0.2, 0.25) is 0 Å². The van der Waals surface area contributed by atoms with Gasteiger partial charge in [0.15, 0.2) is 5.76 Å². The highest BCUT2D eigenvalue weighted by molar-refractivity contribution is 6.03. The summed E-state index contributed by atoms with van der Waals surface area (Å²) in [7, 11) is 0. The Balaban J connectivity index is 1.55. The first-order chi connectivity index (χ1) is 13.4. The van der Waals surface area contributed by atoms with E-state index >= 15 is 0 Å². The van der Waals surface area contributed by atoms with E-state index in [0.717, 1.165) is 25.2 Å². The number of anilines is 1. The molecule has 28 heavy (non-hydrogen) atoms. The van der Waals surface area contributed by atoms with Gasteiger partial charge in [-0.25, -0.2) is 0 Å². The van der Waals surface area contributed by atoms with E-state index in [9.17, 15) is 9.59 Å². The second kappa shape index (κ2) is 9.03. The van der Waals surface area contributed by atoms with E-state index in [1.54, 1.807) is 24.3 Å². The molecule has 1 saturated heterocycles. The number of carbonyl (C=O) groups excluding carboxylic acids is 2. The molecular formula is C21H27N3O4. The highest BCUT2D eigenvalue weighted by Crippen LogP contribution is 2.18. The lowest BCUT2D eigenvalue weighted by Crippen LogP contribution is -2.47. The summed E-state index contributed by atoms with van der Waals surface area (Å²) in [5, 5.41) is 5.74. The van der Waals surface area contributed by atoms with Gasteiger partial charge in [-0.2, -0.15) is 0 Å². The van der Waals surface area contributed by atoms with E-state index in [0.29, 0.717) is 17.8 Å². The Morgan fingerprint density at radius 1 is 1.14 bits per heavy atom. The van der Waals surface area contributed by atoms with E-state index < -0.39 is 0 Å². The minimum Gasteiger partial charge on any atom is -0.459 e. The molecule has 2 N–H and O–H groups in total. The van der Waals surface area contributed by atoms with Crippen molar-refractivity contribution in [2.75, 3.05) is 31.5 Å². The van der Waals surface area contributed by atoms with Crippen LogP contribution in [0.1, 0.15) is 40.3 Å². The average Bonchev–Trinajstić information content (AvgIpc) is 3.17. The van der Waals surface area contributed by atoms with E-state index in [4.69, 9.17) is 9.15 Å². The summed E-state index contributed by atoms with van der Waals surface area (Å²) in [5.41, 5.74) is 1.96. The fourth-order valence-corrected chi connectivity index (χ4v) is 3.39. The molecule has 2 atom stereocenters. The van der Waals surface area contributed by atoms with Crippen molar-refractivity contribution in [3.8, 4) is 0 Å². The number of morpholine rings is 1. The zero-order valence-electron chi connectivity index (χ0n) is 16.5. The van der Waals surface area contributed by atoms with Crippen LogP contribution in [0.15, 0.2) is 41.0 Å². The maximum absolute atomic E-state index is 12.5. The highest BCUT2D eigenvalue weighted by atomic mass is 16.5. The number of rotatable bonds is 6.